The number of nitrogens with zero attached hydrogens (tertiary/aromatic N) is 1. The van der Waals surface area contributed by atoms with Gasteiger partial charge in [-0.25, -0.2) is 0 Å². The van der Waals surface area contributed by atoms with E-state index in [0.29, 0.717) is 11.8 Å². The van der Waals surface area contributed by atoms with Gasteiger partial charge in [0, 0.05) is 22.4 Å². The maximum atomic E-state index is 12.6. The lowest BCUT2D eigenvalue weighted by atomic mass is 10.1. The molecular formula is C20H24N2OS. The zero-order valence-electron chi connectivity index (χ0n) is 14.5. The minimum Gasteiger partial charge on any atom is -0.360 e. The lowest BCUT2D eigenvalue weighted by Crippen LogP contribution is -2.40. The Morgan fingerprint density at radius 3 is 2.79 bits per heavy atom. The molecule has 24 heavy (non-hydrogen) atoms. The van der Waals surface area contributed by atoms with Crippen LogP contribution in [0.25, 0.3) is 0 Å². The van der Waals surface area contributed by atoms with Gasteiger partial charge < -0.3 is 10.2 Å². The molecule has 0 radical (unpaired) electrons. The molecule has 126 valence electrons. The fraction of sp³-hybridized carbons (Fsp3) is 0.350. The van der Waals surface area contributed by atoms with Gasteiger partial charge in [0.1, 0.15) is 0 Å². The molecule has 1 amide bonds. The Bertz CT molecular complexity index is 744. The molecule has 0 spiro atoms. The number of amides is 1. The highest BCUT2D eigenvalue weighted by atomic mass is 32.2. The average Bonchev–Trinajstić information content (AvgIpc) is 2.58. The van der Waals surface area contributed by atoms with Crippen molar-refractivity contribution in [3.8, 4) is 0 Å². The summed E-state index contributed by atoms with van der Waals surface area (Å²) in [6.07, 6.45) is 1.11. The second kappa shape index (κ2) is 7.31. The summed E-state index contributed by atoms with van der Waals surface area (Å²) in [5.41, 5.74) is 4.40. The molecule has 1 N–H and O–H groups in total. The molecule has 0 aromatic heterocycles. The first-order valence-corrected chi connectivity index (χ1v) is 9.33. The molecule has 1 unspecified atom stereocenters. The van der Waals surface area contributed by atoms with E-state index in [2.05, 4.69) is 48.3 Å². The minimum absolute atomic E-state index is 0.0419. The number of benzene rings is 2. The van der Waals surface area contributed by atoms with Crippen LogP contribution in [0.15, 0.2) is 47.4 Å². The highest BCUT2D eigenvalue weighted by Crippen LogP contribution is 2.39. The van der Waals surface area contributed by atoms with E-state index in [1.54, 1.807) is 0 Å². The Balaban J connectivity index is 1.75. The number of carbonyl (C=O) groups is 1. The number of hydrogen-bond acceptors (Lipinski definition) is 3. The van der Waals surface area contributed by atoms with E-state index in [1.807, 2.05) is 36.9 Å². The van der Waals surface area contributed by atoms with Gasteiger partial charge in [-0.3, -0.25) is 4.79 Å². The van der Waals surface area contributed by atoms with Gasteiger partial charge >= 0.3 is 0 Å². The molecule has 0 saturated heterocycles. The lowest BCUT2D eigenvalue weighted by Gasteiger charge is -2.34. The molecule has 2 aromatic rings. The quantitative estimate of drug-likeness (QED) is 0.880. The molecule has 3 rings (SSSR count). The number of hydrogen-bond donors (Lipinski definition) is 1. The molecular weight excluding hydrogens is 316 g/mol. The van der Waals surface area contributed by atoms with Gasteiger partial charge in [0.15, 0.2) is 0 Å². The molecule has 0 saturated carbocycles. The zero-order valence-corrected chi connectivity index (χ0v) is 15.3. The summed E-state index contributed by atoms with van der Waals surface area (Å²) < 4.78 is 0. The first kappa shape index (κ1) is 16.9. The van der Waals surface area contributed by atoms with E-state index in [0.717, 1.165) is 24.2 Å². The third-order valence-corrected chi connectivity index (χ3v) is 6.01. The maximum absolute atomic E-state index is 12.6. The Hall–Kier alpha value is -1.94. The number of rotatable bonds is 4. The summed E-state index contributed by atoms with van der Waals surface area (Å²) in [5, 5.41) is 3.61. The largest absolute Gasteiger partial charge is 0.360 e. The van der Waals surface area contributed by atoms with Crippen molar-refractivity contribution < 1.29 is 4.79 Å². The first-order chi connectivity index (χ1) is 11.6. The molecule has 0 fully saturated rings. The summed E-state index contributed by atoms with van der Waals surface area (Å²) in [5.74, 6) is 0.0419. The van der Waals surface area contributed by atoms with Gasteiger partial charge in [0.2, 0.25) is 5.91 Å². The topological polar surface area (TPSA) is 32.3 Å². The van der Waals surface area contributed by atoms with Crippen LogP contribution in [0.2, 0.25) is 0 Å². The highest BCUT2D eigenvalue weighted by Gasteiger charge is 2.25. The van der Waals surface area contributed by atoms with Crippen molar-refractivity contribution in [2.75, 3.05) is 23.3 Å². The van der Waals surface area contributed by atoms with Crippen molar-refractivity contribution in [3.63, 3.8) is 0 Å². The molecule has 3 nitrogen and oxygen atoms in total. The van der Waals surface area contributed by atoms with Crippen LogP contribution in [0, 0.1) is 13.8 Å². The number of thioether (sulfide) groups is 1. The van der Waals surface area contributed by atoms with Gasteiger partial charge in [-0.15, -0.1) is 11.8 Å². The van der Waals surface area contributed by atoms with Crippen LogP contribution in [0.1, 0.15) is 24.5 Å². The molecule has 1 aliphatic heterocycles. The van der Waals surface area contributed by atoms with E-state index in [-0.39, 0.29) is 5.91 Å². The Kier molecular flexibility index (Phi) is 5.14. The molecule has 0 bridgehead atoms. The van der Waals surface area contributed by atoms with E-state index in [4.69, 9.17) is 0 Å². The van der Waals surface area contributed by atoms with Gasteiger partial charge in [-0.2, -0.15) is 0 Å². The maximum Gasteiger partial charge on any atom is 0.243 e. The zero-order chi connectivity index (χ0) is 17.1. The Morgan fingerprint density at radius 2 is 2.00 bits per heavy atom. The van der Waals surface area contributed by atoms with E-state index in [1.165, 1.54) is 16.1 Å². The van der Waals surface area contributed by atoms with Gasteiger partial charge in [-0.1, -0.05) is 31.2 Å². The lowest BCUT2D eigenvalue weighted by molar-refractivity contribution is -0.115. The summed E-state index contributed by atoms with van der Waals surface area (Å²) in [4.78, 5) is 16.1. The number of para-hydroxylation sites is 1. The minimum atomic E-state index is 0.0419. The van der Waals surface area contributed by atoms with Crippen molar-refractivity contribution in [1.29, 1.82) is 0 Å². The number of fused-ring (bicyclic) bond motifs is 1. The fourth-order valence-corrected chi connectivity index (χ4v) is 4.25. The third-order valence-electron chi connectivity index (χ3n) is 4.59. The fourth-order valence-electron chi connectivity index (χ4n) is 2.99. The second-order valence-electron chi connectivity index (χ2n) is 6.29. The van der Waals surface area contributed by atoms with Crippen LogP contribution in [0.4, 0.5) is 11.4 Å². The van der Waals surface area contributed by atoms with Crippen LogP contribution in [-0.4, -0.2) is 24.2 Å². The number of anilines is 2. The monoisotopic (exact) mass is 340 g/mol. The van der Waals surface area contributed by atoms with Gasteiger partial charge in [-0.05, 0) is 49.6 Å². The molecule has 4 heteroatoms. The molecule has 2 aromatic carbocycles. The van der Waals surface area contributed by atoms with Crippen LogP contribution >= 0.6 is 11.8 Å². The van der Waals surface area contributed by atoms with Crippen molar-refractivity contribution in [2.24, 2.45) is 0 Å². The normalized spacial score (nSPS) is 16.6. The van der Waals surface area contributed by atoms with Crippen LogP contribution in [0.3, 0.4) is 0 Å². The predicted molar refractivity (Wildman–Crippen MR) is 103 cm³/mol. The highest BCUT2D eigenvalue weighted by molar-refractivity contribution is 8.00. The summed E-state index contributed by atoms with van der Waals surface area (Å²) in [7, 11) is 0. The molecule has 1 aliphatic rings. The van der Waals surface area contributed by atoms with Crippen molar-refractivity contribution in [2.45, 2.75) is 37.3 Å². The Labute approximate surface area is 148 Å². The third kappa shape index (κ3) is 3.59. The average molecular weight is 340 g/mol. The van der Waals surface area contributed by atoms with Crippen molar-refractivity contribution >= 4 is 29.0 Å². The Morgan fingerprint density at radius 1 is 1.21 bits per heavy atom. The molecule has 0 aliphatic carbocycles. The van der Waals surface area contributed by atoms with Crippen molar-refractivity contribution in [3.05, 3.63) is 53.6 Å². The molecule has 1 heterocycles. The van der Waals surface area contributed by atoms with Crippen molar-refractivity contribution in [1.82, 2.24) is 0 Å². The second-order valence-corrected chi connectivity index (χ2v) is 7.63. The summed E-state index contributed by atoms with van der Waals surface area (Å²) in [6, 6.07) is 14.4. The first-order valence-electron chi connectivity index (χ1n) is 8.45. The summed E-state index contributed by atoms with van der Waals surface area (Å²) >= 11 is 1.92. The number of aryl methyl sites for hydroxylation is 1. The van der Waals surface area contributed by atoms with Gasteiger partial charge in [0.25, 0.3) is 0 Å². The van der Waals surface area contributed by atoms with E-state index < -0.39 is 0 Å². The standard InChI is InChI=1S/C20H24N2OS/c1-4-16-12-22(18-10-5-6-11-19(18)24-16)13-20(23)21-17-9-7-8-14(2)15(17)3/h5-11,16H,4,12-13H2,1-3H3,(H,21,23). The molecule has 1 atom stereocenters. The number of nitrogens with one attached hydrogen (secondary N) is 1. The number of carbonyl (C=O) groups excluding carboxylic acids is 1. The smallest absolute Gasteiger partial charge is 0.243 e. The van der Waals surface area contributed by atoms with E-state index in [9.17, 15) is 4.79 Å². The SMILES string of the molecule is CCC1CN(CC(=O)Nc2cccc(C)c2C)c2ccccc2S1. The van der Waals surface area contributed by atoms with E-state index >= 15 is 0 Å². The summed E-state index contributed by atoms with van der Waals surface area (Å²) in [6.45, 7) is 7.62. The van der Waals surface area contributed by atoms with Gasteiger partial charge in [0.05, 0.1) is 12.2 Å². The predicted octanol–water partition coefficient (Wildman–Crippen LogP) is 4.63. The van der Waals surface area contributed by atoms with Crippen LogP contribution in [0.5, 0.6) is 0 Å². The van der Waals surface area contributed by atoms with Crippen LogP contribution in [-0.2, 0) is 4.79 Å². The van der Waals surface area contributed by atoms with Crippen LogP contribution < -0.4 is 10.2 Å².